The fourth-order valence-corrected chi connectivity index (χ4v) is 5.27. The van der Waals surface area contributed by atoms with Crippen LogP contribution in [0.15, 0.2) is 18.2 Å². The Morgan fingerprint density at radius 3 is 2.70 bits per heavy atom. The molecule has 1 aromatic rings. The molecule has 0 bridgehead atoms. The number of hydrogen-bond acceptors (Lipinski definition) is 6. The maximum atomic E-state index is 12.9. The van der Waals surface area contributed by atoms with E-state index >= 15 is 0 Å². The van der Waals surface area contributed by atoms with Crippen molar-refractivity contribution < 1.29 is 19.1 Å². The molecule has 8 heteroatoms. The minimum atomic E-state index is -0.0765. The Morgan fingerprint density at radius 2 is 1.97 bits per heavy atom. The number of nitrogens with zero attached hydrogens (tertiary/aromatic N) is 2. The molecular weight excluding hydrogens is 384 g/mol. The molecule has 8 nitrogen and oxygen atoms in total. The van der Waals surface area contributed by atoms with Gasteiger partial charge in [-0.25, -0.2) is 5.01 Å². The molecule has 4 atom stereocenters. The molecule has 1 aromatic carbocycles. The van der Waals surface area contributed by atoms with Gasteiger partial charge in [-0.2, -0.15) is 0 Å². The average Bonchev–Trinajstić information content (AvgIpc) is 3.27. The lowest BCUT2D eigenvalue weighted by Gasteiger charge is -2.51. The highest BCUT2D eigenvalue weighted by molar-refractivity contribution is 5.84. The Morgan fingerprint density at radius 1 is 1.17 bits per heavy atom. The van der Waals surface area contributed by atoms with E-state index < -0.39 is 0 Å². The lowest BCUT2D eigenvalue weighted by molar-refractivity contribution is -0.155. The average molecular weight is 417 g/mol. The predicted molar refractivity (Wildman–Crippen MR) is 112 cm³/mol. The minimum Gasteiger partial charge on any atom is -0.493 e. The van der Waals surface area contributed by atoms with Gasteiger partial charge in [0.05, 0.1) is 14.2 Å². The molecule has 4 rings (SSSR count). The van der Waals surface area contributed by atoms with Crippen LogP contribution in [-0.2, 0) is 16.1 Å². The summed E-state index contributed by atoms with van der Waals surface area (Å²) >= 11 is 0. The predicted octanol–water partition coefficient (Wildman–Crippen LogP) is 1.30. The summed E-state index contributed by atoms with van der Waals surface area (Å²) in [5.41, 5.74) is 4.37. The number of rotatable bonds is 6. The maximum absolute atomic E-state index is 12.9. The van der Waals surface area contributed by atoms with Gasteiger partial charge in [0, 0.05) is 37.6 Å². The molecule has 2 N–H and O–H groups in total. The minimum absolute atomic E-state index is 0.0402. The van der Waals surface area contributed by atoms with Crippen molar-refractivity contribution in [1.29, 1.82) is 0 Å². The smallest absolute Gasteiger partial charge is 0.241 e. The van der Waals surface area contributed by atoms with E-state index in [1.165, 1.54) is 0 Å². The number of fused-ring (bicyclic) bond motifs is 3. The van der Waals surface area contributed by atoms with Gasteiger partial charge in [-0.3, -0.25) is 15.0 Å². The molecule has 2 heterocycles. The molecule has 2 saturated heterocycles. The molecule has 0 radical (unpaired) electrons. The van der Waals surface area contributed by atoms with E-state index in [0.717, 1.165) is 31.4 Å². The van der Waals surface area contributed by atoms with E-state index in [1.807, 2.05) is 30.0 Å². The lowest BCUT2D eigenvalue weighted by atomic mass is 9.78. The molecule has 2 amide bonds. The van der Waals surface area contributed by atoms with Crippen LogP contribution >= 0.6 is 0 Å². The number of carbonyl (C=O) groups is 2. The molecule has 1 saturated carbocycles. The van der Waals surface area contributed by atoms with E-state index in [2.05, 4.69) is 15.8 Å². The number of likely N-dealkylation sites (N-methyl/N-ethyl adjacent to an activating group) is 1. The van der Waals surface area contributed by atoms with Crippen molar-refractivity contribution in [1.82, 2.24) is 20.7 Å². The van der Waals surface area contributed by atoms with Crippen LogP contribution in [0.4, 0.5) is 0 Å². The van der Waals surface area contributed by atoms with Crippen molar-refractivity contribution in [2.24, 2.45) is 5.92 Å². The largest absolute Gasteiger partial charge is 0.493 e. The van der Waals surface area contributed by atoms with Crippen molar-refractivity contribution in [2.75, 3.05) is 27.3 Å². The lowest BCUT2D eigenvalue weighted by Crippen LogP contribution is -2.68. The molecule has 164 valence electrons. The van der Waals surface area contributed by atoms with Gasteiger partial charge in [0.15, 0.2) is 11.5 Å². The number of piperazine rings is 1. The third-order valence-corrected chi connectivity index (χ3v) is 6.78. The number of benzene rings is 1. The number of nitrogens with one attached hydrogen (secondary N) is 2. The Kier molecular flexibility index (Phi) is 6.15. The molecule has 4 unspecified atom stereocenters. The highest BCUT2D eigenvalue weighted by Crippen LogP contribution is 2.37. The van der Waals surface area contributed by atoms with Crippen LogP contribution in [0, 0.1) is 5.92 Å². The zero-order chi connectivity index (χ0) is 21.3. The van der Waals surface area contributed by atoms with E-state index in [1.54, 1.807) is 14.2 Å². The maximum Gasteiger partial charge on any atom is 0.241 e. The normalized spacial score (nSPS) is 28.6. The third-order valence-electron chi connectivity index (χ3n) is 6.78. The van der Waals surface area contributed by atoms with Gasteiger partial charge in [-0.1, -0.05) is 6.07 Å². The van der Waals surface area contributed by atoms with Crippen LogP contribution in [0.1, 0.15) is 38.2 Å². The van der Waals surface area contributed by atoms with Crippen molar-refractivity contribution in [3.05, 3.63) is 23.8 Å². The molecule has 3 aliphatic rings. The van der Waals surface area contributed by atoms with Crippen molar-refractivity contribution in [3.8, 4) is 11.5 Å². The number of methoxy groups -OCH3 is 2. The summed E-state index contributed by atoms with van der Waals surface area (Å²) in [6.45, 7) is 4.03. The molecule has 3 fully saturated rings. The standard InChI is InChI=1S/C22H32N4O4/c1-4-25-18-12-15(6-7-16(18)26-17(22(25)28)9-10-24-26)21(27)23-13-14-5-8-19(29-2)20(11-14)30-3/h5,8,11,15-18,24H,4,6-7,9-10,12-13H2,1-3H3,(H,23,27). The topological polar surface area (TPSA) is 83.1 Å². The van der Waals surface area contributed by atoms with E-state index in [0.29, 0.717) is 37.1 Å². The van der Waals surface area contributed by atoms with Gasteiger partial charge in [-0.15, -0.1) is 0 Å². The first-order chi connectivity index (χ1) is 14.6. The molecular formula is C22H32N4O4. The van der Waals surface area contributed by atoms with Crippen LogP contribution < -0.4 is 20.2 Å². The number of carbonyl (C=O) groups excluding carboxylic acids is 2. The molecule has 0 aromatic heterocycles. The summed E-state index contributed by atoms with van der Waals surface area (Å²) in [4.78, 5) is 27.8. The summed E-state index contributed by atoms with van der Waals surface area (Å²) in [7, 11) is 3.20. The summed E-state index contributed by atoms with van der Waals surface area (Å²) in [5.74, 6) is 1.50. The summed E-state index contributed by atoms with van der Waals surface area (Å²) in [6, 6.07) is 6.00. The van der Waals surface area contributed by atoms with Gasteiger partial charge in [-0.05, 0) is 50.3 Å². The molecule has 2 aliphatic heterocycles. The first kappa shape index (κ1) is 20.9. The quantitative estimate of drug-likeness (QED) is 0.727. The number of ether oxygens (including phenoxy) is 2. The molecule has 0 spiro atoms. The first-order valence-electron chi connectivity index (χ1n) is 10.9. The summed E-state index contributed by atoms with van der Waals surface area (Å²) in [5, 5.41) is 5.25. The highest BCUT2D eigenvalue weighted by atomic mass is 16.5. The Labute approximate surface area is 177 Å². The fourth-order valence-electron chi connectivity index (χ4n) is 5.27. The number of hydrogen-bond donors (Lipinski definition) is 2. The SMILES string of the molecule is CCN1C(=O)C2CCNN2C2CCC(C(=O)NCc3ccc(OC)c(OC)c3)CC21. The van der Waals surface area contributed by atoms with Gasteiger partial charge in [0.25, 0.3) is 0 Å². The summed E-state index contributed by atoms with van der Waals surface area (Å²) in [6.07, 6.45) is 3.35. The monoisotopic (exact) mass is 416 g/mol. The number of hydrazine groups is 1. The fraction of sp³-hybridized carbons (Fsp3) is 0.636. The van der Waals surface area contributed by atoms with E-state index in [4.69, 9.17) is 9.47 Å². The zero-order valence-corrected chi connectivity index (χ0v) is 18.0. The van der Waals surface area contributed by atoms with Crippen LogP contribution in [0.2, 0.25) is 0 Å². The van der Waals surface area contributed by atoms with Crippen LogP contribution in [0.25, 0.3) is 0 Å². The van der Waals surface area contributed by atoms with Gasteiger partial charge < -0.3 is 19.7 Å². The van der Waals surface area contributed by atoms with Gasteiger partial charge in [0.2, 0.25) is 11.8 Å². The van der Waals surface area contributed by atoms with Crippen molar-refractivity contribution in [3.63, 3.8) is 0 Å². The second kappa shape index (κ2) is 8.81. The van der Waals surface area contributed by atoms with Crippen LogP contribution in [0.3, 0.4) is 0 Å². The Bertz CT molecular complexity index is 801. The van der Waals surface area contributed by atoms with Gasteiger partial charge >= 0.3 is 0 Å². The zero-order valence-electron chi connectivity index (χ0n) is 18.0. The van der Waals surface area contributed by atoms with E-state index in [9.17, 15) is 9.59 Å². The van der Waals surface area contributed by atoms with Crippen molar-refractivity contribution >= 4 is 11.8 Å². The summed E-state index contributed by atoms with van der Waals surface area (Å²) < 4.78 is 10.6. The second-order valence-corrected chi connectivity index (χ2v) is 8.30. The second-order valence-electron chi connectivity index (χ2n) is 8.30. The first-order valence-corrected chi connectivity index (χ1v) is 10.9. The van der Waals surface area contributed by atoms with Crippen molar-refractivity contribution in [2.45, 2.75) is 57.3 Å². The van der Waals surface area contributed by atoms with Crippen LogP contribution in [0.5, 0.6) is 11.5 Å². The Balaban J connectivity index is 1.40. The van der Waals surface area contributed by atoms with Crippen LogP contribution in [-0.4, -0.2) is 67.2 Å². The highest BCUT2D eigenvalue weighted by Gasteiger charge is 2.50. The third kappa shape index (κ3) is 3.74. The van der Waals surface area contributed by atoms with E-state index in [-0.39, 0.29) is 29.8 Å². The molecule has 30 heavy (non-hydrogen) atoms. The number of amides is 2. The molecule has 1 aliphatic carbocycles. The Hall–Kier alpha value is -2.32. The van der Waals surface area contributed by atoms with Gasteiger partial charge in [0.1, 0.15) is 6.04 Å².